The highest BCUT2D eigenvalue weighted by Crippen LogP contribution is 2.24. The van der Waals surface area contributed by atoms with Crippen LogP contribution >= 0.6 is 0 Å². The second kappa shape index (κ2) is 6.22. The highest BCUT2D eigenvalue weighted by atomic mass is 16.1. The van der Waals surface area contributed by atoms with E-state index in [9.17, 15) is 4.79 Å². The predicted octanol–water partition coefficient (Wildman–Crippen LogP) is 2.37. The number of carbonyl (C=O) groups is 1. The Hall–Kier alpha value is -1.94. The molecule has 1 heterocycles. The summed E-state index contributed by atoms with van der Waals surface area (Å²) in [7, 11) is 0. The zero-order chi connectivity index (χ0) is 14.7. The monoisotopic (exact) mass is 283 g/mol. The van der Waals surface area contributed by atoms with Gasteiger partial charge in [-0.15, -0.1) is 0 Å². The Morgan fingerprint density at radius 2 is 1.95 bits per heavy atom. The third-order valence-electron chi connectivity index (χ3n) is 4.45. The second-order valence-electron chi connectivity index (χ2n) is 5.82. The summed E-state index contributed by atoms with van der Waals surface area (Å²) in [6.45, 7) is 0.842. The first-order valence-corrected chi connectivity index (χ1v) is 7.59. The molecule has 21 heavy (non-hydrogen) atoms. The highest BCUT2D eigenvalue weighted by Gasteiger charge is 2.24. The molecule has 1 saturated carbocycles. The summed E-state index contributed by atoms with van der Waals surface area (Å²) in [5.74, 6) is -0.0709. The van der Waals surface area contributed by atoms with Crippen LogP contribution in [0.15, 0.2) is 36.5 Å². The molecule has 1 amide bonds. The number of pyridine rings is 1. The van der Waals surface area contributed by atoms with Gasteiger partial charge in [0, 0.05) is 30.1 Å². The zero-order valence-electron chi connectivity index (χ0n) is 12.1. The fourth-order valence-corrected chi connectivity index (χ4v) is 3.15. The summed E-state index contributed by atoms with van der Waals surface area (Å²) in [5, 5.41) is 4.82. The van der Waals surface area contributed by atoms with Crippen molar-refractivity contribution in [2.75, 3.05) is 0 Å². The third kappa shape index (κ3) is 3.22. The van der Waals surface area contributed by atoms with Crippen molar-refractivity contribution in [2.45, 2.75) is 38.3 Å². The quantitative estimate of drug-likeness (QED) is 0.905. The number of fused-ring (bicyclic) bond motifs is 1. The molecule has 1 aromatic carbocycles. The number of primary amides is 1. The summed E-state index contributed by atoms with van der Waals surface area (Å²) in [6, 6.07) is 10.8. The number of hydrogen-bond acceptors (Lipinski definition) is 3. The Bertz CT molecular complexity index is 627. The van der Waals surface area contributed by atoms with Crippen molar-refractivity contribution in [1.82, 2.24) is 10.3 Å². The molecule has 0 bridgehead atoms. The lowest BCUT2D eigenvalue weighted by Gasteiger charge is -2.27. The number of benzene rings is 1. The average Bonchev–Trinajstić information content (AvgIpc) is 2.53. The lowest BCUT2D eigenvalue weighted by atomic mass is 9.85. The molecule has 3 N–H and O–H groups in total. The van der Waals surface area contributed by atoms with Gasteiger partial charge >= 0.3 is 0 Å². The number of para-hydroxylation sites is 1. The van der Waals surface area contributed by atoms with E-state index in [0.717, 1.165) is 37.7 Å². The number of aromatic nitrogens is 1. The van der Waals surface area contributed by atoms with Crippen LogP contribution in [0.5, 0.6) is 0 Å². The molecule has 0 radical (unpaired) electrons. The molecule has 4 nitrogen and oxygen atoms in total. The van der Waals surface area contributed by atoms with Crippen molar-refractivity contribution in [2.24, 2.45) is 11.7 Å². The normalized spacial score (nSPS) is 22.3. The number of amides is 1. The van der Waals surface area contributed by atoms with E-state index >= 15 is 0 Å². The van der Waals surface area contributed by atoms with Crippen LogP contribution in [0.2, 0.25) is 0 Å². The molecule has 1 aliphatic carbocycles. The molecule has 0 saturated heterocycles. The van der Waals surface area contributed by atoms with Crippen LogP contribution in [0, 0.1) is 5.92 Å². The average molecular weight is 283 g/mol. The first-order valence-electron chi connectivity index (χ1n) is 7.59. The van der Waals surface area contributed by atoms with Crippen LogP contribution in [-0.4, -0.2) is 16.9 Å². The van der Waals surface area contributed by atoms with E-state index in [0.29, 0.717) is 6.04 Å². The standard InChI is InChI=1S/C17H21N3O/c18-17(21)12-5-7-14(8-6-12)20-11-13-9-10-19-16-4-2-1-3-15(13)16/h1-4,9-10,12,14,20H,5-8,11H2,(H2,18,21). The first kappa shape index (κ1) is 14.0. The summed E-state index contributed by atoms with van der Waals surface area (Å²) in [6.07, 6.45) is 5.73. The summed E-state index contributed by atoms with van der Waals surface area (Å²) >= 11 is 0. The number of nitrogens with two attached hydrogens (primary N) is 1. The molecular weight excluding hydrogens is 262 g/mol. The van der Waals surface area contributed by atoms with Gasteiger partial charge in [-0.25, -0.2) is 0 Å². The van der Waals surface area contributed by atoms with E-state index < -0.39 is 0 Å². The smallest absolute Gasteiger partial charge is 0.220 e. The van der Waals surface area contributed by atoms with E-state index in [4.69, 9.17) is 5.73 Å². The van der Waals surface area contributed by atoms with Gasteiger partial charge in [-0.05, 0) is 43.4 Å². The van der Waals surface area contributed by atoms with Gasteiger partial charge in [0.2, 0.25) is 5.91 Å². The van der Waals surface area contributed by atoms with Gasteiger partial charge < -0.3 is 11.1 Å². The Morgan fingerprint density at radius 3 is 2.71 bits per heavy atom. The Kier molecular flexibility index (Phi) is 4.15. The molecule has 0 atom stereocenters. The van der Waals surface area contributed by atoms with Crippen molar-refractivity contribution in [3.63, 3.8) is 0 Å². The molecule has 1 aliphatic rings. The minimum absolute atomic E-state index is 0.0739. The van der Waals surface area contributed by atoms with Gasteiger partial charge in [-0.2, -0.15) is 0 Å². The predicted molar refractivity (Wildman–Crippen MR) is 83.5 cm³/mol. The van der Waals surface area contributed by atoms with Gasteiger partial charge in [0.1, 0.15) is 0 Å². The molecule has 110 valence electrons. The minimum Gasteiger partial charge on any atom is -0.369 e. The molecule has 0 unspecified atom stereocenters. The van der Waals surface area contributed by atoms with Crippen LogP contribution in [-0.2, 0) is 11.3 Å². The molecular formula is C17H21N3O. The summed E-state index contributed by atoms with van der Waals surface area (Å²) < 4.78 is 0. The second-order valence-corrected chi connectivity index (χ2v) is 5.82. The molecule has 0 spiro atoms. The maximum absolute atomic E-state index is 11.2. The molecule has 1 fully saturated rings. The van der Waals surface area contributed by atoms with E-state index in [1.807, 2.05) is 24.4 Å². The molecule has 4 heteroatoms. The van der Waals surface area contributed by atoms with Crippen LogP contribution < -0.4 is 11.1 Å². The number of carbonyl (C=O) groups excluding carboxylic acids is 1. The number of rotatable bonds is 4. The number of hydrogen-bond donors (Lipinski definition) is 2. The lowest BCUT2D eigenvalue weighted by molar-refractivity contribution is -0.122. The van der Waals surface area contributed by atoms with Crippen LogP contribution in [0.25, 0.3) is 10.9 Å². The lowest BCUT2D eigenvalue weighted by Crippen LogP contribution is -2.36. The van der Waals surface area contributed by atoms with Crippen molar-refractivity contribution in [3.8, 4) is 0 Å². The van der Waals surface area contributed by atoms with Gasteiger partial charge in [0.25, 0.3) is 0 Å². The van der Waals surface area contributed by atoms with Crippen molar-refractivity contribution in [1.29, 1.82) is 0 Å². The Labute approximate surface area is 124 Å². The van der Waals surface area contributed by atoms with Gasteiger partial charge in [-0.1, -0.05) is 18.2 Å². The fourth-order valence-electron chi connectivity index (χ4n) is 3.15. The SMILES string of the molecule is NC(=O)C1CCC(NCc2ccnc3ccccc23)CC1. The number of nitrogens with zero attached hydrogens (tertiary/aromatic N) is 1. The van der Waals surface area contributed by atoms with Gasteiger partial charge in [0.15, 0.2) is 0 Å². The van der Waals surface area contributed by atoms with Crippen molar-refractivity contribution in [3.05, 3.63) is 42.1 Å². The first-order chi connectivity index (χ1) is 10.2. The van der Waals surface area contributed by atoms with Crippen LogP contribution in [0.4, 0.5) is 0 Å². The number of nitrogens with one attached hydrogen (secondary N) is 1. The van der Waals surface area contributed by atoms with Crippen LogP contribution in [0.1, 0.15) is 31.2 Å². The van der Waals surface area contributed by atoms with E-state index in [-0.39, 0.29) is 11.8 Å². The largest absolute Gasteiger partial charge is 0.369 e. The topological polar surface area (TPSA) is 68.0 Å². The molecule has 0 aliphatic heterocycles. The Balaban J connectivity index is 1.61. The highest BCUT2D eigenvalue weighted by molar-refractivity contribution is 5.81. The van der Waals surface area contributed by atoms with Crippen LogP contribution in [0.3, 0.4) is 0 Å². The zero-order valence-corrected chi connectivity index (χ0v) is 12.1. The minimum atomic E-state index is -0.145. The fraction of sp³-hybridized carbons (Fsp3) is 0.412. The molecule has 3 rings (SSSR count). The third-order valence-corrected chi connectivity index (χ3v) is 4.45. The molecule has 2 aromatic rings. The van der Waals surface area contributed by atoms with E-state index in [1.54, 1.807) is 0 Å². The maximum atomic E-state index is 11.2. The van der Waals surface area contributed by atoms with Crippen molar-refractivity contribution >= 4 is 16.8 Å². The van der Waals surface area contributed by atoms with Gasteiger partial charge in [-0.3, -0.25) is 9.78 Å². The van der Waals surface area contributed by atoms with Crippen molar-refractivity contribution < 1.29 is 4.79 Å². The summed E-state index contributed by atoms with van der Waals surface area (Å²) in [4.78, 5) is 15.6. The maximum Gasteiger partial charge on any atom is 0.220 e. The van der Waals surface area contributed by atoms with Gasteiger partial charge in [0.05, 0.1) is 5.52 Å². The molecule has 1 aromatic heterocycles. The summed E-state index contributed by atoms with van der Waals surface area (Å²) in [5.41, 5.74) is 7.69. The Morgan fingerprint density at radius 1 is 1.19 bits per heavy atom. The van der Waals surface area contributed by atoms with E-state index in [1.165, 1.54) is 10.9 Å². The van der Waals surface area contributed by atoms with E-state index in [2.05, 4.69) is 22.4 Å².